The third kappa shape index (κ3) is 2.06. The predicted octanol–water partition coefficient (Wildman–Crippen LogP) is 5.67. The summed E-state index contributed by atoms with van der Waals surface area (Å²) in [5.41, 5.74) is 5.86. The Morgan fingerprint density at radius 2 is 1.23 bits per heavy atom. The van der Waals surface area contributed by atoms with Crippen molar-refractivity contribution < 1.29 is 0 Å². The zero-order valence-corrected chi connectivity index (χ0v) is 12.8. The first-order chi connectivity index (χ1) is 10.7. The van der Waals surface area contributed by atoms with Crippen molar-refractivity contribution in [1.29, 1.82) is 0 Å². The van der Waals surface area contributed by atoms with Crippen molar-refractivity contribution in [2.45, 2.75) is 13.8 Å². The Kier molecular flexibility index (Phi) is 2.93. The largest absolute Gasteiger partial charge is 0.247 e. The minimum atomic E-state index is 1.05. The fourth-order valence-electron chi connectivity index (χ4n) is 3.24. The normalized spacial score (nSPS) is 11.2. The number of nitrogens with zero attached hydrogens (tertiary/aromatic N) is 1. The van der Waals surface area contributed by atoms with Crippen LogP contribution in [0.1, 0.15) is 11.1 Å². The van der Waals surface area contributed by atoms with Crippen LogP contribution >= 0.6 is 0 Å². The van der Waals surface area contributed by atoms with Crippen molar-refractivity contribution in [3.63, 3.8) is 0 Å². The average Bonchev–Trinajstić information content (AvgIpc) is 2.53. The maximum absolute atomic E-state index is 4.96. The number of fused-ring (bicyclic) bond motifs is 3. The van der Waals surface area contributed by atoms with Crippen molar-refractivity contribution in [2.24, 2.45) is 0 Å². The van der Waals surface area contributed by atoms with E-state index in [9.17, 15) is 0 Å². The third-order valence-electron chi connectivity index (χ3n) is 4.10. The Morgan fingerprint density at radius 3 is 1.95 bits per heavy atom. The van der Waals surface area contributed by atoms with E-state index in [2.05, 4.69) is 80.6 Å². The van der Waals surface area contributed by atoms with E-state index in [0.717, 1.165) is 11.2 Å². The highest BCUT2D eigenvalue weighted by molar-refractivity contribution is 6.10. The summed E-state index contributed by atoms with van der Waals surface area (Å²) >= 11 is 0. The van der Waals surface area contributed by atoms with Crippen LogP contribution in [0.15, 0.2) is 66.7 Å². The molecule has 106 valence electrons. The highest BCUT2D eigenvalue weighted by atomic mass is 14.7. The molecular weight excluding hydrogens is 266 g/mol. The van der Waals surface area contributed by atoms with Gasteiger partial charge in [-0.05, 0) is 37.4 Å². The van der Waals surface area contributed by atoms with Gasteiger partial charge in [0.05, 0.1) is 11.2 Å². The quantitative estimate of drug-likeness (QED) is 0.410. The summed E-state index contributed by atoms with van der Waals surface area (Å²) in [4.78, 5) is 4.96. The summed E-state index contributed by atoms with van der Waals surface area (Å²) in [6.07, 6.45) is 0. The van der Waals surface area contributed by atoms with Gasteiger partial charge in [0.25, 0.3) is 0 Å². The molecule has 1 heterocycles. The molecule has 0 amide bonds. The maximum atomic E-state index is 4.96. The molecule has 0 saturated carbocycles. The monoisotopic (exact) mass is 283 g/mol. The van der Waals surface area contributed by atoms with Crippen LogP contribution in [0.2, 0.25) is 0 Å². The number of hydrogen-bond donors (Lipinski definition) is 0. The van der Waals surface area contributed by atoms with Crippen LogP contribution in [0, 0.1) is 13.8 Å². The zero-order valence-electron chi connectivity index (χ0n) is 12.8. The molecule has 0 bridgehead atoms. The molecule has 1 nitrogen and oxygen atoms in total. The molecule has 0 aliphatic rings. The van der Waals surface area contributed by atoms with Gasteiger partial charge >= 0.3 is 0 Å². The standard InChI is InChI=1S/C21H17N/c1-14-11-15(2)13-16(12-14)21-19-9-4-3-7-17(19)18-8-5-6-10-20(18)22-21/h3-13H,1-2H3. The summed E-state index contributed by atoms with van der Waals surface area (Å²) in [6, 6.07) is 23.5. The molecule has 0 N–H and O–H groups in total. The van der Waals surface area contributed by atoms with Gasteiger partial charge in [0.1, 0.15) is 0 Å². The number of rotatable bonds is 1. The van der Waals surface area contributed by atoms with Gasteiger partial charge in [0, 0.05) is 16.3 Å². The minimum Gasteiger partial charge on any atom is -0.247 e. The second-order valence-electron chi connectivity index (χ2n) is 5.90. The third-order valence-corrected chi connectivity index (χ3v) is 4.10. The molecule has 0 aliphatic heterocycles. The number of pyridine rings is 1. The van der Waals surface area contributed by atoms with E-state index in [1.807, 2.05) is 0 Å². The molecule has 0 saturated heterocycles. The molecule has 0 radical (unpaired) electrons. The number of benzene rings is 3. The molecule has 1 aromatic heterocycles. The minimum absolute atomic E-state index is 1.05. The van der Waals surface area contributed by atoms with Gasteiger partial charge in [0.15, 0.2) is 0 Å². The summed E-state index contributed by atoms with van der Waals surface area (Å²) in [7, 11) is 0. The van der Waals surface area contributed by atoms with Crippen LogP contribution in [0.25, 0.3) is 32.9 Å². The van der Waals surface area contributed by atoms with Crippen LogP contribution in [0.4, 0.5) is 0 Å². The molecule has 0 aliphatic carbocycles. The van der Waals surface area contributed by atoms with Crippen molar-refractivity contribution in [3.8, 4) is 11.3 Å². The van der Waals surface area contributed by atoms with Gasteiger partial charge in [-0.25, -0.2) is 4.98 Å². The maximum Gasteiger partial charge on any atom is 0.0788 e. The van der Waals surface area contributed by atoms with Crippen molar-refractivity contribution in [2.75, 3.05) is 0 Å². The van der Waals surface area contributed by atoms with E-state index < -0.39 is 0 Å². The molecule has 3 aromatic carbocycles. The Labute approximate surface area is 130 Å². The fraction of sp³-hybridized carbons (Fsp3) is 0.0952. The van der Waals surface area contributed by atoms with Crippen LogP contribution in [0.5, 0.6) is 0 Å². The lowest BCUT2D eigenvalue weighted by atomic mass is 9.98. The number of aryl methyl sites for hydroxylation is 2. The summed E-state index contributed by atoms with van der Waals surface area (Å²) < 4.78 is 0. The molecule has 22 heavy (non-hydrogen) atoms. The Morgan fingerprint density at radius 1 is 0.636 bits per heavy atom. The first-order valence-electron chi connectivity index (χ1n) is 7.58. The van der Waals surface area contributed by atoms with Crippen molar-refractivity contribution in [3.05, 3.63) is 77.9 Å². The van der Waals surface area contributed by atoms with E-state index in [4.69, 9.17) is 4.98 Å². The number of aromatic nitrogens is 1. The second kappa shape index (κ2) is 4.96. The smallest absolute Gasteiger partial charge is 0.0788 e. The van der Waals surface area contributed by atoms with Gasteiger partial charge in [-0.15, -0.1) is 0 Å². The van der Waals surface area contributed by atoms with Crippen molar-refractivity contribution in [1.82, 2.24) is 4.98 Å². The lowest BCUT2D eigenvalue weighted by molar-refractivity contribution is 1.36. The lowest BCUT2D eigenvalue weighted by Crippen LogP contribution is -1.90. The summed E-state index contributed by atoms with van der Waals surface area (Å²) in [5.74, 6) is 0. The lowest BCUT2D eigenvalue weighted by Gasteiger charge is -2.11. The summed E-state index contributed by atoms with van der Waals surface area (Å²) in [5, 5.41) is 3.69. The van der Waals surface area contributed by atoms with E-state index in [1.165, 1.54) is 32.8 Å². The van der Waals surface area contributed by atoms with Crippen LogP contribution in [0.3, 0.4) is 0 Å². The molecule has 0 spiro atoms. The Balaban J connectivity index is 2.15. The zero-order chi connectivity index (χ0) is 15.1. The molecule has 4 aromatic rings. The second-order valence-corrected chi connectivity index (χ2v) is 5.90. The van der Waals surface area contributed by atoms with E-state index in [1.54, 1.807) is 0 Å². The molecule has 0 fully saturated rings. The Hall–Kier alpha value is -2.67. The molecule has 0 unspecified atom stereocenters. The topological polar surface area (TPSA) is 12.9 Å². The van der Waals surface area contributed by atoms with Crippen LogP contribution in [-0.4, -0.2) is 4.98 Å². The van der Waals surface area contributed by atoms with E-state index >= 15 is 0 Å². The molecule has 4 rings (SSSR count). The highest BCUT2D eigenvalue weighted by Gasteiger charge is 2.10. The van der Waals surface area contributed by atoms with Crippen LogP contribution in [-0.2, 0) is 0 Å². The first-order valence-corrected chi connectivity index (χ1v) is 7.58. The van der Waals surface area contributed by atoms with Gasteiger partial charge < -0.3 is 0 Å². The Bertz CT molecular complexity index is 979. The average molecular weight is 283 g/mol. The van der Waals surface area contributed by atoms with Gasteiger partial charge in [-0.3, -0.25) is 0 Å². The van der Waals surface area contributed by atoms with Crippen molar-refractivity contribution >= 4 is 21.7 Å². The van der Waals surface area contributed by atoms with Gasteiger partial charge in [-0.2, -0.15) is 0 Å². The predicted molar refractivity (Wildman–Crippen MR) is 94.2 cm³/mol. The molecule has 0 atom stereocenters. The summed E-state index contributed by atoms with van der Waals surface area (Å²) in [6.45, 7) is 4.28. The van der Waals surface area contributed by atoms with E-state index in [-0.39, 0.29) is 0 Å². The number of para-hydroxylation sites is 1. The SMILES string of the molecule is Cc1cc(C)cc(-c2nc3ccccc3c3ccccc23)c1. The van der Waals surface area contributed by atoms with Crippen LogP contribution < -0.4 is 0 Å². The highest BCUT2D eigenvalue weighted by Crippen LogP contribution is 2.32. The molecule has 1 heteroatoms. The van der Waals surface area contributed by atoms with E-state index in [0.29, 0.717) is 0 Å². The van der Waals surface area contributed by atoms with Gasteiger partial charge in [-0.1, -0.05) is 59.7 Å². The van der Waals surface area contributed by atoms with Gasteiger partial charge in [0.2, 0.25) is 0 Å². The number of hydrogen-bond acceptors (Lipinski definition) is 1. The molecular formula is C21H17N. The first kappa shape index (κ1) is 13.0. The fourth-order valence-corrected chi connectivity index (χ4v) is 3.24.